The summed E-state index contributed by atoms with van der Waals surface area (Å²) in [5.41, 5.74) is 1.49. The summed E-state index contributed by atoms with van der Waals surface area (Å²) in [6.45, 7) is 0.479. The quantitative estimate of drug-likeness (QED) is 0.774. The fourth-order valence-electron chi connectivity index (χ4n) is 3.14. The van der Waals surface area contributed by atoms with Gasteiger partial charge >= 0.3 is 0 Å². The normalized spacial score (nSPS) is 14.7. The highest BCUT2D eigenvalue weighted by Crippen LogP contribution is 2.23. The fraction of sp³-hybridized carbons (Fsp3) is 0.350. The second-order valence-electron chi connectivity index (χ2n) is 6.55. The van der Waals surface area contributed by atoms with Crippen LogP contribution in [0.4, 0.5) is 5.82 Å². The van der Waals surface area contributed by atoms with Gasteiger partial charge in [0.15, 0.2) is 0 Å². The Balaban J connectivity index is 1.52. The first-order chi connectivity index (χ1) is 12.6. The number of aromatic nitrogens is 1. The summed E-state index contributed by atoms with van der Waals surface area (Å²) >= 11 is 5.81. The average molecular weight is 372 g/mol. The van der Waals surface area contributed by atoms with Crippen LogP contribution >= 0.6 is 11.6 Å². The lowest BCUT2D eigenvalue weighted by Gasteiger charge is -2.20. The molecule has 0 unspecified atom stereocenters. The zero-order chi connectivity index (χ0) is 18.4. The molecule has 6 heteroatoms. The number of hydrogen-bond donors (Lipinski definition) is 2. The number of halogens is 1. The molecule has 1 aromatic heterocycles. The van der Waals surface area contributed by atoms with Gasteiger partial charge in [0.05, 0.1) is 0 Å². The zero-order valence-electron chi connectivity index (χ0n) is 14.5. The second-order valence-corrected chi connectivity index (χ2v) is 6.94. The maximum absolute atomic E-state index is 12.2. The van der Waals surface area contributed by atoms with Gasteiger partial charge in [-0.25, -0.2) is 4.98 Å². The van der Waals surface area contributed by atoms with E-state index in [0.717, 1.165) is 31.2 Å². The van der Waals surface area contributed by atoms with Gasteiger partial charge in [-0.05, 0) is 42.7 Å². The molecular formula is C20H22ClN3O2. The van der Waals surface area contributed by atoms with E-state index in [1.807, 2.05) is 12.1 Å². The molecule has 0 bridgehead atoms. The van der Waals surface area contributed by atoms with Gasteiger partial charge in [-0.1, -0.05) is 49.1 Å². The number of amides is 2. The van der Waals surface area contributed by atoms with Crippen LogP contribution in [0.3, 0.4) is 0 Å². The van der Waals surface area contributed by atoms with Gasteiger partial charge in [0.1, 0.15) is 11.0 Å². The number of anilines is 1. The molecule has 0 aliphatic heterocycles. The Kier molecular flexibility index (Phi) is 6.23. The van der Waals surface area contributed by atoms with E-state index in [-0.39, 0.29) is 17.7 Å². The molecule has 1 aliphatic carbocycles. The molecule has 2 N–H and O–H groups in total. The fourth-order valence-corrected chi connectivity index (χ4v) is 3.30. The van der Waals surface area contributed by atoms with Crippen molar-refractivity contribution in [3.05, 3.63) is 58.7 Å². The molecule has 5 nitrogen and oxygen atoms in total. The summed E-state index contributed by atoms with van der Waals surface area (Å²) in [6.07, 6.45) is 5.50. The minimum atomic E-state index is -0.252. The predicted molar refractivity (Wildman–Crippen MR) is 102 cm³/mol. The maximum atomic E-state index is 12.2. The predicted octanol–water partition coefficient (Wildman–Crippen LogP) is 4.18. The van der Waals surface area contributed by atoms with E-state index in [4.69, 9.17) is 11.6 Å². The Hall–Kier alpha value is -2.40. The second kappa shape index (κ2) is 8.81. The van der Waals surface area contributed by atoms with Gasteiger partial charge in [-0.2, -0.15) is 0 Å². The minimum absolute atomic E-state index is 0.138. The Morgan fingerprint density at radius 1 is 1.04 bits per heavy atom. The van der Waals surface area contributed by atoms with Crippen molar-refractivity contribution < 1.29 is 9.59 Å². The smallest absolute Gasteiger partial charge is 0.256 e. The third kappa shape index (κ3) is 5.05. The van der Waals surface area contributed by atoms with Crippen LogP contribution < -0.4 is 10.6 Å². The van der Waals surface area contributed by atoms with E-state index >= 15 is 0 Å². The van der Waals surface area contributed by atoms with Gasteiger partial charge in [0.2, 0.25) is 5.91 Å². The molecule has 3 rings (SSSR count). The minimum Gasteiger partial charge on any atom is -0.352 e. The zero-order valence-corrected chi connectivity index (χ0v) is 15.3. The van der Waals surface area contributed by atoms with Crippen LogP contribution in [0.5, 0.6) is 0 Å². The number of rotatable bonds is 5. The monoisotopic (exact) mass is 371 g/mol. The molecule has 1 fully saturated rings. The molecule has 0 radical (unpaired) electrons. The Morgan fingerprint density at radius 2 is 1.77 bits per heavy atom. The molecule has 1 saturated carbocycles. The highest BCUT2D eigenvalue weighted by atomic mass is 35.5. The number of benzene rings is 1. The molecule has 0 atom stereocenters. The average Bonchev–Trinajstić information content (AvgIpc) is 2.67. The first-order valence-electron chi connectivity index (χ1n) is 8.92. The van der Waals surface area contributed by atoms with Crippen molar-refractivity contribution in [3.8, 4) is 0 Å². The number of nitrogens with one attached hydrogen (secondary N) is 2. The summed E-state index contributed by atoms with van der Waals surface area (Å²) in [5, 5.41) is 6.03. The molecule has 0 saturated heterocycles. The van der Waals surface area contributed by atoms with Gasteiger partial charge in [0, 0.05) is 18.0 Å². The van der Waals surface area contributed by atoms with E-state index in [2.05, 4.69) is 15.6 Å². The lowest BCUT2D eigenvalue weighted by molar-refractivity contribution is -0.126. The van der Waals surface area contributed by atoms with Crippen molar-refractivity contribution in [2.75, 3.05) is 5.32 Å². The van der Waals surface area contributed by atoms with Crippen LogP contribution in [0.1, 0.15) is 48.0 Å². The molecular weight excluding hydrogens is 350 g/mol. The molecule has 0 spiro atoms. The molecule has 2 aromatic rings. The third-order valence-electron chi connectivity index (χ3n) is 4.62. The van der Waals surface area contributed by atoms with Crippen molar-refractivity contribution in [2.45, 2.75) is 38.6 Å². The molecule has 136 valence electrons. The molecule has 1 aromatic carbocycles. The van der Waals surface area contributed by atoms with Crippen molar-refractivity contribution in [1.82, 2.24) is 10.3 Å². The van der Waals surface area contributed by atoms with Gasteiger partial charge < -0.3 is 10.6 Å². The van der Waals surface area contributed by atoms with Crippen molar-refractivity contribution in [2.24, 2.45) is 5.92 Å². The van der Waals surface area contributed by atoms with E-state index in [1.54, 1.807) is 30.3 Å². The lowest BCUT2D eigenvalue weighted by Crippen LogP contribution is -2.31. The summed E-state index contributed by atoms with van der Waals surface area (Å²) in [7, 11) is 0. The lowest BCUT2D eigenvalue weighted by atomic mass is 9.88. The van der Waals surface area contributed by atoms with Gasteiger partial charge in [-0.3, -0.25) is 9.59 Å². The maximum Gasteiger partial charge on any atom is 0.256 e. The number of hydrogen-bond acceptors (Lipinski definition) is 3. The summed E-state index contributed by atoms with van der Waals surface area (Å²) in [5.74, 6) is 0.446. The van der Waals surface area contributed by atoms with E-state index < -0.39 is 0 Å². The molecule has 1 aliphatic rings. The van der Waals surface area contributed by atoms with Crippen LogP contribution in [-0.2, 0) is 11.3 Å². The summed E-state index contributed by atoms with van der Waals surface area (Å²) < 4.78 is 0. The van der Waals surface area contributed by atoms with E-state index in [1.165, 1.54) is 6.42 Å². The third-order valence-corrected chi connectivity index (χ3v) is 4.83. The SMILES string of the molecule is O=C(Nc1cccc(Cl)n1)c1ccc(CNC(=O)C2CCCCC2)cc1. The van der Waals surface area contributed by atoms with E-state index in [0.29, 0.717) is 23.1 Å². The first-order valence-corrected chi connectivity index (χ1v) is 9.30. The Morgan fingerprint density at radius 3 is 2.46 bits per heavy atom. The van der Waals surface area contributed by atoms with Crippen LogP contribution in [0.15, 0.2) is 42.5 Å². The Labute approximate surface area is 158 Å². The first kappa shape index (κ1) is 18.4. The summed E-state index contributed by atoms with van der Waals surface area (Å²) in [4.78, 5) is 28.5. The number of pyridine rings is 1. The van der Waals surface area contributed by atoms with Crippen LogP contribution in [0.2, 0.25) is 5.15 Å². The standard InChI is InChI=1S/C20H22ClN3O2/c21-17-7-4-8-18(23-17)24-20(26)16-11-9-14(10-12-16)13-22-19(25)15-5-2-1-3-6-15/h4,7-12,15H,1-3,5-6,13H2,(H,22,25)(H,23,24,26). The van der Waals surface area contributed by atoms with Crippen LogP contribution in [0.25, 0.3) is 0 Å². The summed E-state index contributed by atoms with van der Waals surface area (Å²) in [6, 6.07) is 12.2. The van der Waals surface area contributed by atoms with Crippen LogP contribution in [0, 0.1) is 5.92 Å². The van der Waals surface area contributed by atoms with Crippen molar-refractivity contribution in [3.63, 3.8) is 0 Å². The number of nitrogens with zero attached hydrogens (tertiary/aromatic N) is 1. The largest absolute Gasteiger partial charge is 0.352 e. The molecule has 2 amide bonds. The highest BCUT2D eigenvalue weighted by Gasteiger charge is 2.20. The number of carbonyl (C=O) groups is 2. The van der Waals surface area contributed by atoms with Gasteiger partial charge in [-0.15, -0.1) is 0 Å². The topological polar surface area (TPSA) is 71.1 Å². The molecule has 26 heavy (non-hydrogen) atoms. The van der Waals surface area contributed by atoms with Gasteiger partial charge in [0.25, 0.3) is 5.91 Å². The van der Waals surface area contributed by atoms with Crippen molar-refractivity contribution >= 4 is 29.2 Å². The van der Waals surface area contributed by atoms with Crippen molar-refractivity contribution in [1.29, 1.82) is 0 Å². The molecule has 1 heterocycles. The Bertz CT molecular complexity index is 771. The highest BCUT2D eigenvalue weighted by molar-refractivity contribution is 6.29. The van der Waals surface area contributed by atoms with E-state index in [9.17, 15) is 9.59 Å². The number of carbonyl (C=O) groups excluding carboxylic acids is 2. The van der Waals surface area contributed by atoms with Crippen LogP contribution in [-0.4, -0.2) is 16.8 Å².